The molecule has 6 heteroatoms. The van der Waals surface area contributed by atoms with Gasteiger partial charge in [-0.1, -0.05) is 0 Å². The highest BCUT2D eigenvalue weighted by molar-refractivity contribution is 5.78. The summed E-state index contributed by atoms with van der Waals surface area (Å²) in [5.74, 6) is 1.61. The number of hydrogen-bond donors (Lipinski definition) is 1. The Morgan fingerprint density at radius 3 is 2.91 bits per heavy atom. The van der Waals surface area contributed by atoms with E-state index in [-0.39, 0.29) is 12.3 Å². The molecule has 6 nitrogen and oxygen atoms in total. The highest BCUT2D eigenvalue weighted by atomic mass is 16.4. The molecule has 1 atom stereocenters. The van der Waals surface area contributed by atoms with Gasteiger partial charge in [-0.25, -0.2) is 4.98 Å². The first-order valence-corrected chi connectivity index (χ1v) is 8.14. The third kappa shape index (κ3) is 3.82. The predicted octanol–water partition coefficient (Wildman–Crippen LogP) is 2.39. The molecule has 1 N–H and O–H groups in total. The van der Waals surface area contributed by atoms with Crippen LogP contribution in [0.1, 0.15) is 31.2 Å². The number of likely N-dealkylation sites (tertiary alicyclic amines) is 1. The van der Waals surface area contributed by atoms with Crippen LogP contribution in [0.15, 0.2) is 27.2 Å². The highest BCUT2D eigenvalue weighted by Crippen LogP contribution is 2.22. The van der Waals surface area contributed by atoms with Gasteiger partial charge in [-0.2, -0.15) is 0 Å². The van der Waals surface area contributed by atoms with Gasteiger partial charge in [0.25, 0.3) is 5.89 Å². The number of hydrogen-bond acceptors (Lipinski definition) is 5. The number of oxazole rings is 1. The quantitative estimate of drug-likeness (QED) is 0.885. The maximum atomic E-state index is 12.1. The maximum Gasteiger partial charge on any atom is 0.263 e. The zero-order valence-electron chi connectivity index (χ0n) is 13.7. The lowest BCUT2D eigenvalue weighted by atomic mass is 10.2. The summed E-state index contributed by atoms with van der Waals surface area (Å²) < 4.78 is 10.8. The van der Waals surface area contributed by atoms with Crippen LogP contribution in [-0.2, 0) is 11.2 Å². The van der Waals surface area contributed by atoms with E-state index in [2.05, 4.69) is 22.1 Å². The van der Waals surface area contributed by atoms with Gasteiger partial charge in [0.15, 0.2) is 5.76 Å². The predicted molar refractivity (Wildman–Crippen MR) is 85.9 cm³/mol. The second-order valence-electron chi connectivity index (χ2n) is 6.07. The van der Waals surface area contributed by atoms with Gasteiger partial charge in [0.05, 0.1) is 18.4 Å². The molecule has 23 heavy (non-hydrogen) atoms. The molecule has 3 rings (SSSR count). The molecule has 3 heterocycles. The van der Waals surface area contributed by atoms with Crippen molar-refractivity contribution in [3.05, 3.63) is 29.9 Å². The molecule has 1 aliphatic heterocycles. The maximum absolute atomic E-state index is 12.1. The normalized spacial score (nSPS) is 16.6. The fourth-order valence-corrected chi connectivity index (χ4v) is 2.89. The molecule has 1 saturated heterocycles. The van der Waals surface area contributed by atoms with Gasteiger partial charge in [-0.05, 0) is 51.9 Å². The lowest BCUT2D eigenvalue weighted by Crippen LogP contribution is -2.41. The third-order valence-corrected chi connectivity index (χ3v) is 4.31. The van der Waals surface area contributed by atoms with E-state index in [1.807, 2.05) is 6.92 Å². The number of nitrogens with one attached hydrogen (secondary N) is 1. The van der Waals surface area contributed by atoms with Crippen molar-refractivity contribution in [3.8, 4) is 11.7 Å². The van der Waals surface area contributed by atoms with E-state index in [4.69, 9.17) is 8.83 Å². The number of furan rings is 1. The van der Waals surface area contributed by atoms with E-state index in [0.29, 0.717) is 35.7 Å². The molecule has 0 bridgehead atoms. The second-order valence-corrected chi connectivity index (χ2v) is 6.07. The molecule has 1 fully saturated rings. The molecule has 0 radical (unpaired) electrons. The first kappa shape index (κ1) is 15.8. The van der Waals surface area contributed by atoms with E-state index < -0.39 is 0 Å². The van der Waals surface area contributed by atoms with Crippen molar-refractivity contribution in [2.24, 2.45) is 0 Å². The van der Waals surface area contributed by atoms with Crippen LogP contribution in [0.4, 0.5) is 0 Å². The Kier molecular flexibility index (Phi) is 4.81. The summed E-state index contributed by atoms with van der Waals surface area (Å²) in [4.78, 5) is 18.9. The first-order valence-electron chi connectivity index (χ1n) is 8.14. The van der Waals surface area contributed by atoms with Gasteiger partial charge in [0.2, 0.25) is 5.91 Å². The van der Waals surface area contributed by atoms with Crippen molar-refractivity contribution in [2.45, 2.75) is 39.2 Å². The number of aromatic nitrogens is 1. The van der Waals surface area contributed by atoms with Crippen LogP contribution >= 0.6 is 0 Å². The Bertz CT molecular complexity index is 642. The molecule has 0 unspecified atom stereocenters. The molecule has 0 spiro atoms. The molecule has 2 aromatic heterocycles. The zero-order chi connectivity index (χ0) is 16.2. The minimum atomic E-state index is -0.0292. The number of amides is 1. The monoisotopic (exact) mass is 317 g/mol. The van der Waals surface area contributed by atoms with Crippen LogP contribution < -0.4 is 5.32 Å². The van der Waals surface area contributed by atoms with Crippen LogP contribution in [0.5, 0.6) is 0 Å². The number of carbonyl (C=O) groups is 1. The number of rotatable bonds is 6. The summed E-state index contributed by atoms with van der Waals surface area (Å²) in [6, 6.07) is 3.94. The standard InChI is InChI=1S/C17H23N3O3/c1-12(20-7-3-4-8-20)11-18-16(21)10-14-13(2)23-17(19-14)15-6-5-9-22-15/h5-6,9,12H,3-4,7-8,10-11H2,1-2H3,(H,18,21)/t12-/m0/s1. The van der Waals surface area contributed by atoms with Crippen molar-refractivity contribution in [3.63, 3.8) is 0 Å². The van der Waals surface area contributed by atoms with E-state index in [9.17, 15) is 4.79 Å². The molecular formula is C17H23N3O3. The van der Waals surface area contributed by atoms with Gasteiger partial charge in [-0.3, -0.25) is 9.69 Å². The second kappa shape index (κ2) is 7.00. The Morgan fingerprint density at radius 2 is 2.22 bits per heavy atom. The summed E-state index contributed by atoms with van der Waals surface area (Å²) in [6.45, 7) is 6.90. The number of nitrogens with zero attached hydrogens (tertiary/aromatic N) is 2. The van der Waals surface area contributed by atoms with E-state index in [1.165, 1.54) is 12.8 Å². The fourth-order valence-electron chi connectivity index (χ4n) is 2.89. The summed E-state index contributed by atoms with van der Waals surface area (Å²) in [6.07, 6.45) is 4.31. The van der Waals surface area contributed by atoms with Gasteiger partial charge in [-0.15, -0.1) is 0 Å². The number of carbonyl (C=O) groups excluding carboxylic acids is 1. The van der Waals surface area contributed by atoms with Crippen LogP contribution in [0.2, 0.25) is 0 Å². The van der Waals surface area contributed by atoms with Crippen molar-refractivity contribution < 1.29 is 13.6 Å². The summed E-state index contributed by atoms with van der Waals surface area (Å²) in [5.41, 5.74) is 0.655. The van der Waals surface area contributed by atoms with Crippen molar-refractivity contribution in [2.75, 3.05) is 19.6 Å². The fraction of sp³-hybridized carbons (Fsp3) is 0.529. The van der Waals surface area contributed by atoms with Crippen molar-refractivity contribution in [1.29, 1.82) is 0 Å². The highest BCUT2D eigenvalue weighted by Gasteiger charge is 2.20. The Labute approximate surface area is 135 Å². The summed E-state index contributed by atoms with van der Waals surface area (Å²) in [7, 11) is 0. The molecule has 2 aromatic rings. The Hall–Kier alpha value is -2.08. The Balaban J connectivity index is 1.53. The molecule has 1 aliphatic rings. The molecular weight excluding hydrogens is 294 g/mol. The average molecular weight is 317 g/mol. The van der Waals surface area contributed by atoms with Gasteiger partial charge < -0.3 is 14.2 Å². The molecule has 0 aliphatic carbocycles. The Morgan fingerprint density at radius 1 is 1.43 bits per heavy atom. The van der Waals surface area contributed by atoms with Crippen LogP contribution in [0, 0.1) is 6.92 Å². The molecule has 0 aromatic carbocycles. The summed E-state index contributed by atoms with van der Waals surface area (Å²) in [5, 5.41) is 2.99. The molecule has 1 amide bonds. The van der Waals surface area contributed by atoms with Gasteiger partial charge >= 0.3 is 0 Å². The van der Waals surface area contributed by atoms with E-state index >= 15 is 0 Å². The third-order valence-electron chi connectivity index (χ3n) is 4.31. The minimum absolute atomic E-state index is 0.0292. The van der Waals surface area contributed by atoms with Crippen LogP contribution in [0.3, 0.4) is 0 Å². The minimum Gasteiger partial charge on any atom is -0.459 e. The van der Waals surface area contributed by atoms with Crippen LogP contribution in [-0.4, -0.2) is 41.5 Å². The van der Waals surface area contributed by atoms with Crippen LogP contribution in [0.25, 0.3) is 11.7 Å². The largest absolute Gasteiger partial charge is 0.459 e. The lowest BCUT2D eigenvalue weighted by Gasteiger charge is -2.23. The molecule has 0 saturated carbocycles. The van der Waals surface area contributed by atoms with E-state index in [0.717, 1.165) is 13.1 Å². The van der Waals surface area contributed by atoms with Gasteiger partial charge in [0.1, 0.15) is 5.76 Å². The van der Waals surface area contributed by atoms with Crippen molar-refractivity contribution >= 4 is 5.91 Å². The first-order chi connectivity index (χ1) is 11.1. The SMILES string of the molecule is Cc1oc(-c2ccco2)nc1CC(=O)NC[C@H](C)N1CCCC1. The van der Waals surface area contributed by atoms with Gasteiger partial charge in [0, 0.05) is 12.6 Å². The average Bonchev–Trinajstić information content (AvgIpc) is 3.27. The lowest BCUT2D eigenvalue weighted by molar-refractivity contribution is -0.120. The zero-order valence-corrected chi connectivity index (χ0v) is 13.7. The molecule has 124 valence electrons. The summed E-state index contributed by atoms with van der Waals surface area (Å²) >= 11 is 0. The smallest absolute Gasteiger partial charge is 0.263 e. The van der Waals surface area contributed by atoms with E-state index in [1.54, 1.807) is 18.4 Å². The van der Waals surface area contributed by atoms with Crippen molar-refractivity contribution in [1.82, 2.24) is 15.2 Å². The number of aryl methyl sites for hydroxylation is 1. The topological polar surface area (TPSA) is 71.5 Å².